The van der Waals surface area contributed by atoms with E-state index in [1.807, 2.05) is 30.3 Å². The van der Waals surface area contributed by atoms with E-state index >= 15 is 0 Å². The molecule has 20 heavy (non-hydrogen) atoms. The Bertz CT molecular complexity index is 697. The number of hydrogen-bond acceptors (Lipinski definition) is 4. The lowest BCUT2D eigenvalue weighted by atomic mass is 10.1. The second kappa shape index (κ2) is 5.29. The van der Waals surface area contributed by atoms with E-state index in [1.165, 1.54) is 15.6 Å². The van der Waals surface area contributed by atoms with E-state index in [1.54, 1.807) is 6.07 Å². The Morgan fingerprint density at radius 1 is 1.10 bits per heavy atom. The number of sulfonamides is 1. The van der Waals surface area contributed by atoms with Crippen molar-refractivity contribution >= 4 is 21.4 Å². The topological polar surface area (TPSA) is 63.4 Å². The van der Waals surface area contributed by atoms with Gasteiger partial charge >= 0.3 is 0 Å². The minimum absolute atomic E-state index is 0.411. The van der Waals surface area contributed by atoms with E-state index in [9.17, 15) is 8.42 Å². The highest BCUT2D eigenvalue weighted by atomic mass is 32.2. The molecule has 1 aromatic heterocycles. The molecule has 3 rings (SSSR count). The van der Waals surface area contributed by atoms with Gasteiger partial charge in [0.15, 0.2) is 0 Å². The van der Waals surface area contributed by atoms with Crippen molar-refractivity contribution in [2.24, 2.45) is 5.73 Å². The monoisotopic (exact) mass is 308 g/mol. The molecule has 2 N–H and O–H groups in total. The fourth-order valence-corrected chi connectivity index (χ4v) is 5.29. The maximum absolute atomic E-state index is 12.6. The Morgan fingerprint density at radius 3 is 2.35 bits per heavy atom. The number of hydrogen-bond donors (Lipinski definition) is 1. The van der Waals surface area contributed by atoms with Crippen molar-refractivity contribution in [2.75, 3.05) is 6.54 Å². The van der Waals surface area contributed by atoms with E-state index in [-0.39, 0.29) is 0 Å². The molecule has 0 spiro atoms. The summed E-state index contributed by atoms with van der Waals surface area (Å²) in [6.07, 6.45) is 0.723. The second-order valence-corrected chi connectivity index (χ2v) is 8.13. The molecular weight excluding hydrogens is 292 g/mol. The molecule has 0 amide bonds. The Balaban J connectivity index is 1.86. The summed E-state index contributed by atoms with van der Waals surface area (Å²) in [5, 5.41) is 0. The van der Waals surface area contributed by atoms with Crippen LogP contribution in [0.5, 0.6) is 0 Å². The molecule has 106 valence electrons. The molecule has 1 aromatic carbocycles. The molecule has 0 unspecified atom stereocenters. The van der Waals surface area contributed by atoms with Gasteiger partial charge in [-0.3, -0.25) is 0 Å². The van der Waals surface area contributed by atoms with Crippen molar-refractivity contribution in [1.29, 1.82) is 0 Å². The molecule has 0 bridgehead atoms. The summed E-state index contributed by atoms with van der Waals surface area (Å²) in [5.74, 6) is 0. The van der Waals surface area contributed by atoms with Gasteiger partial charge in [-0.1, -0.05) is 24.3 Å². The molecule has 2 heterocycles. The third kappa shape index (κ3) is 2.40. The fraction of sp³-hybridized carbons (Fsp3) is 0.286. The van der Waals surface area contributed by atoms with E-state index < -0.39 is 10.0 Å². The second-order valence-electron chi connectivity index (χ2n) is 4.80. The van der Waals surface area contributed by atoms with Crippen LogP contribution in [0.1, 0.15) is 16.0 Å². The molecule has 0 atom stereocenters. The van der Waals surface area contributed by atoms with Crippen molar-refractivity contribution in [2.45, 2.75) is 23.7 Å². The van der Waals surface area contributed by atoms with E-state index in [2.05, 4.69) is 0 Å². The third-order valence-electron chi connectivity index (χ3n) is 3.43. The van der Waals surface area contributed by atoms with E-state index in [0.717, 1.165) is 22.4 Å². The third-order valence-corrected chi connectivity index (χ3v) is 6.84. The molecule has 0 fully saturated rings. The maximum atomic E-state index is 12.6. The normalized spacial score (nSPS) is 15.4. The highest BCUT2D eigenvalue weighted by Crippen LogP contribution is 2.31. The minimum atomic E-state index is -3.39. The lowest BCUT2D eigenvalue weighted by Gasteiger charge is -2.13. The molecule has 1 aliphatic rings. The summed E-state index contributed by atoms with van der Waals surface area (Å²) in [5.41, 5.74) is 7.69. The van der Waals surface area contributed by atoms with Gasteiger partial charge in [-0.25, -0.2) is 8.42 Å². The minimum Gasteiger partial charge on any atom is -0.330 e. The number of benzene rings is 1. The average molecular weight is 308 g/mol. The van der Waals surface area contributed by atoms with Gasteiger partial charge in [0, 0.05) is 18.0 Å². The molecule has 0 saturated heterocycles. The first-order chi connectivity index (χ1) is 9.61. The van der Waals surface area contributed by atoms with Crippen molar-refractivity contribution in [3.8, 4) is 0 Å². The molecule has 0 saturated carbocycles. The van der Waals surface area contributed by atoms with Gasteiger partial charge in [0.2, 0.25) is 0 Å². The first-order valence-corrected chi connectivity index (χ1v) is 8.72. The molecule has 0 radical (unpaired) electrons. The van der Waals surface area contributed by atoms with Crippen molar-refractivity contribution in [3.63, 3.8) is 0 Å². The van der Waals surface area contributed by atoms with Crippen LogP contribution in [-0.2, 0) is 29.5 Å². The summed E-state index contributed by atoms with van der Waals surface area (Å²) < 4.78 is 27.2. The van der Waals surface area contributed by atoms with Gasteiger partial charge in [-0.2, -0.15) is 4.31 Å². The van der Waals surface area contributed by atoms with Crippen LogP contribution in [0, 0.1) is 0 Å². The zero-order chi connectivity index (χ0) is 14.2. The van der Waals surface area contributed by atoms with Crippen LogP contribution in [0.2, 0.25) is 0 Å². The van der Waals surface area contributed by atoms with E-state index in [4.69, 9.17) is 5.73 Å². The summed E-state index contributed by atoms with van der Waals surface area (Å²) in [6.45, 7) is 1.46. The van der Waals surface area contributed by atoms with Gasteiger partial charge in [0.25, 0.3) is 10.0 Å². The largest absolute Gasteiger partial charge is 0.330 e. The van der Waals surface area contributed by atoms with Crippen LogP contribution in [0.3, 0.4) is 0 Å². The molecule has 6 heteroatoms. The number of fused-ring (bicyclic) bond motifs is 1. The first-order valence-electron chi connectivity index (χ1n) is 6.47. The molecule has 1 aliphatic heterocycles. The maximum Gasteiger partial charge on any atom is 0.253 e. The molecule has 4 nitrogen and oxygen atoms in total. The Hall–Kier alpha value is -1.21. The number of nitrogens with two attached hydrogens (primary N) is 1. The summed E-state index contributed by atoms with van der Waals surface area (Å²) >= 11 is 1.32. The predicted octanol–water partition coefficient (Wildman–Crippen LogP) is 1.95. The Kier molecular flexibility index (Phi) is 3.64. The highest BCUT2D eigenvalue weighted by molar-refractivity contribution is 7.91. The Morgan fingerprint density at radius 2 is 1.75 bits per heavy atom. The quantitative estimate of drug-likeness (QED) is 0.939. The Labute approximate surface area is 122 Å². The van der Waals surface area contributed by atoms with Crippen molar-refractivity contribution < 1.29 is 8.42 Å². The lowest BCUT2D eigenvalue weighted by molar-refractivity contribution is 0.433. The van der Waals surface area contributed by atoms with Crippen molar-refractivity contribution in [1.82, 2.24) is 4.31 Å². The van der Waals surface area contributed by atoms with Crippen LogP contribution in [-0.4, -0.2) is 19.3 Å². The summed E-state index contributed by atoms with van der Waals surface area (Å²) in [4.78, 5) is 1.02. The smallest absolute Gasteiger partial charge is 0.253 e. The van der Waals surface area contributed by atoms with Gasteiger partial charge in [-0.15, -0.1) is 11.3 Å². The fourth-order valence-electron chi connectivity index (χ4n) is 2.37. The van der Waals surface area contributed by atoms with Crippen LogP contribution in [0.15, 0.2) is 40.6 Å². The van der Waals surface area contributed by atoms with Gasteiger partial charge in [0.1, 0.15) is 4.21 Å². The standard InChI is InChI=1S/C14H16N2O2S2/c15-8-7-13-5-6-14(19-13)20(17,18)16-9-11-3-1-2-4-12(11)10-16/h1-6H,7-10,15H2. The molecule has 0 aliphatic carbocycles. The number of nitrogens with zero attached hydrogens (tertiary/aromatic N) is 1. The van der Waals surface area contributed by atoms with Gasteiger partial charge in [0.05, 0.1) is 0 Å². The van der Waals surface area contributed by atoms with Crippen LogP contribution in [0.25, 0.3) is 0 Å². The van der Waals surface area contributed by atoms with Crippen LogP contribution in [0.4, 0.5) is 0 Å². The zero-order valence-corrected chi connectivity index (χ0v) is 12.6. The van der Waals surface area contributed by atoms with Gasteiger partial charge in [-0.05, 0) is 36.2 Å². The SMILES string of the molecule is NCCc1ccc(S(=O)(=O)N2Cc3ccccc3C2)s1. The van der Waals surface area contributed by atoms with Crippen LogP contribution < -0.4 is 5.73 Å². The molecular formula is C14H16N2O2S2. The first kappa shape index (κ1) is 13.8. The zero-order valence-electron chi connectivity index (χ0n) is 11.0. The van der Waals surface area contributed by atoms with Crippen molar-refractivity contribution in [3.05, 3.63) is 52.4 Å². The van der Waals surface area contributed by atoms with Gasteiger partial charge < -0.3 is 5.73 Å². The van der Waals surface area contributed by atoms with E-state index in [0.29, 0.717) is 23.8 Å². The summed E-state index contributed by atoms with van der Waals surface area (Å²) in [7, 11) is -3.39. The molecule has 2 aromatic rings. The van der Waals surface area contributed by atoms with Crippen LogP contribution >= 0.6 is 11.3 Å². The number of thiophene rings is 1. The number of rotatable bonds is 4. The highest BCUT2D eigenvalue weighted by Gasteiger charge is 2.31. The lowest BCUT2D eigenvalue weighted by Crippen LogP contribution is -2.24. The predicted molar refractivity (Wildman–Crippen MR) is 80.0 cm³/mol. The summed E-state index contributed by atoms with van der Waals surface area (Å²) in [6, 6.07) is 11.4. The average Bonchev–Trinajstić information content (AvgIpc) is 3.05.